The summed E-state index contributed by atoms with van der Waals surface area (Å²) in [5.74, 6) is 2.65. The second-order valence-electron chi connectivity index (χ2n) is 15.8. The molecule has 0 aromatic heterocycles. The molecule has 4 saturated carbocycles. The maximum absolute atomic E-state index is 11.8. The average Bonchev–Trinajstić information content (AvgIpc) is 3.66. The third kappa shape index (κ3) is 6.86. The summed E-state index contributed by atoms with van der Waals surface area (Å²) < 4.78 is 7.06. The number of aliphatic hydroxyl groups is 3. The van der Waals surface area contributed by atoms with Gasteiger partial charge in [-0.3, -0.25) is 0 Å². The molecule has 43 heavy (non-hydrogen) atoms. The van der Waals surface area contributed by atoms with Crippen LogP contribution in [0.5, 0.6) is 0 Å². The number of hydrogen-bond acceptors (Lipinski definition) is 7. The summed E-state index contributed by atoms with van der Waals surface area (Å²) in [6, 6.07) is 0.253. The van der Waals surface area contributed by atoms with Crippen LogP contribution in [-0.2, 0) is 4.74 Å². The Hall–Kier alpha value is -1.12. The van der Waals surface area contributed by atoms with Crippen molar-refractivity contribution >= 4 is 0 Å². The summed E-state index contributed by atoms with van der Waals surface area (Å²) in [4.78, 5) is 0. The zero-order valence-electron chi connectivity index (χ0n) is 27.4. The van der Waals surface area contributed by atoms with E-state index in [0.29, 0.717) is 42.6 Å². The minimum absolute atomic E-state index is 0.000330. The Morgan fingerprint density at radius 1 is 0.977 bits per heavy atom. The molecule has 1 saturated heterocycles. The molecule has 7 nitrogen and oxygen atoms in total. The molecular weight excluding hydrogens is 538 g/mol. The molecule has 1 heterocycles. The van der Waals surface area contributed by atoms with E-state index in [1.165, 1.54) is 38.5 Å². The Labute approximate surface area is 261 Å². The molecule has 5 fully saturated rings. The fourth-order valence-electron chi connectivity index (χ4n) is 10.9. The quantitative estimate of drug-likeness (QED) is 0.189. The number of nitrogens with one attached hydrogen (secondary N) is 2. The summed E-state index contributed by atoms with van der Waals surface area (Å²) in [6.07, 6.45) is 12.8. The second kappa shape index (κ2) is 14.1. The fourth-order valence-corrected chi connectivity index (χ4v) is 10.9. The lowest BCUT2D eigenvalue weighted by Crippen LogP contribution is -2.61. The van der Waals surface area contributed by atoms with E-state index in [2.05, 4.69) is 37.6 Å². The van der Waals surface area contributed by atoms with Gasteiger partial charge in [0.25, 0.3) is 0 Å². The van der Waals surface area contributed by atoms with Crippen LogP contribution >= 0.6 is 0 Å². The summed E-state index contributed by atoms with van der Waals surface area (Å²) >= 11 is 0. The third-order valence-corrected chi connectivity index (χ3v) is 12.4. The summed E-state index contributed by atoms with van der Waals surface area (Å²) in [7, 11) is 0. The van der Waals surface area contributed by atoms with Crippen molar-refractivity contribution < 1.29 is 20.1 Å². The van der Waals surface area contributed by atoms with Crippen molar-refractivity contribution in [2.24, 2.45) is 52.6 Å². The van der Waals surface area contributed by atoms with E-state index in [0.717, 1.165) is 55.8 Å². The molecular formula is C36H63N3O4. The van der Waals surface area contributed by atoms with Gasteiger partial charge in [0.05, 0.1) is 37.1 Å². The number of rotatable bonds is 12. The van der Waals surface area contributed by atoms with Crippen LogP contribution in [0.2, 0.25) is 0 Å². The smallest absolute Gasteiger partial charge is 0.0849 e. The molecule has 7 heteroatoms. The molecule has 5 rings (SSSR count). The predicted octanol–water partition coefficient (Wildman–Crippen LogP) is 4.86. The van der Waals surface area contributed by atoms with E-state index in [-0.39, 0.29) is 42.2 Å². The lowest BCUT2D eigenvalue weighted by Gasteiger charge is -2.52. The van der Waals surface area contributed by atoms with Gasteiger partial charge in [0.2, 0.25) is 0 Å². The standard InChI is InChI=1S/C36H63N3O4/c1-21(2)38-30-13-9-12-28-32(30)36(28,29-16-23(4)17-31(41)34(29)42)35-33(39-24(5)19-37)26(18-27(20-40)43-35)15-22(3)14-25-10-7-6-8-11-25/h22-23,25-35,38-42H,1,5-20,37H2,2-4H3. The van der Waals surface area contributed by atoms with Gasteiger partial charge < -0.3 is 36.4 Å². The monoisotopic (exact) mass is 601 g/mol. The highest BCUT2D eigenvalue weighted by Crippen LogP contribution is 2.74. The van der Waals surface area contributed by atoms with Crippen molar-refractivity contribution in [1.29, 1.82) is 0 Å². The predicted molar refractivity (Wildman–Crippen MR) is 173 cm³/mol. The molecule has 1 aliphatic heterocycles. The molecule has 13 unspecified atom stereocenters. The first-order valence-corrected chi connectivity index (χ1v) is 17.8. The molecule has 4 aliphatic carbocycles. The third-order valence-electron chi connectivity index (χ3n) is 12.4. The van der Waals surface area contributed by atoms with Crippen LogP contribution in [0.3, 0.4) is 0 Å². The molecule has 0 aromatic carbocycles. The number of ether oxygens (including phenoxy) is 1. The maximum Gasteiger partial charge on any atom is 0.0849 e. The molecule has 5 aliphatic rings. The number of fused-ring (bicyclic) bond motifs is 1. The minimum Gasteiger partial charge on any atom is -0.394 e. The second-order valence-corrected chi connectivity index (χ2v) is 15.8. The van der Waals surface area contributed by atoms with Gasteiger partial charge in [-0.1, -0.05) is 65.5 Å². The van der Waals surface area contributed by atoms with Gasteiger partial charge in [-0.15, -0.1) is 0 Å². The zero-order chi connectivity index (χ0) is 30.9. The number of hydrogen-bond donors (Lipinski definition) is 6. The van der Waals surface area contributed by atoms with Gasteiger partial charge >= 0.3 is 0 Å². The molecule has 0 spiro atoms. The molecule has 13 atom stereocenters. The van der Waals surface area contributed by atoms with Gasteiger partial charge in [0.1, 0.15) is 0 Å². The molecule has 246 valence electrons. The van der Waals surface area contributed by atoms with Crippen LogP contribution in [-0.4, -0.2) is 65.0 Å². The van der Waals surface area contributed by atoms with E-state index < -0.39 is 12.2 Å². The minimum atomic E-state index is -0.785. The van der Waals surface area contributed by atoms with Crippen molar-refractivity contribution in [2.75, 3.05) is 13.2 Å². The first-order chi connectivity index (χ1) is 20.6. The Kier molecular flexibility index (Phi) is 10.9. The molecule has 0 radical (unpaired) electrons. The summed E-state index contributed by atoms with van der Waals surface area (Å²) in [5.41, 5.74) is 7.62. The van der Waals surface area contributed by atoms with Crippen LogP contribution in [0.25, 0.3) is 0 Å². The normalized spacial score (nSPS) is 44.2. The first kappa shape index (κ1) is 33.2. The van der Waals surface area contributed by atoms with E-state index in [4.69, 9.17) is 10.5 Å². The van der Waals surface area contributed by atoms with Gasteiger partial charge in [0.15, 0.2) is 0 Å². The van der Waals surface area contributed by atoms with Crippen LogP contribution < -0.4 is 16.4 Å². The van der Waals surface area contributed by atoms with Gasteiger partial charge in [0, 0.05) is 29.4 Å². The Balaban J connectivity index is 1.52. The Bertz CT molecular complexity index is 955. The number of nitrogens with two attached hydrogens (primary N) is 1. The summed E-state index contributed by atoms with van der Waals surface area (Å²) in [5, 5.41) is 41.0. The Morgan fingerprint density at radius 3 is 2.40 bits per heavy atom. The largest absolute Gasteiger partial charge is 0.394 e. The van der Waals surface area contributed by atoms with E-state index in [9.17, 15) is 15.3 Å². The van der Waals surface area contributed by atoms with Crippen LogP contribution in [0, 0.1) is 46.8 Å². The molecule has 0 aromatic rings. The van der Waals surface area contributed by atoms with Gasteiger partial charge in [-0.25, -0.2) is 0 Å². The maximum atomic E-state index is 11.8. The van der Waals surface area contributed by atoms with Crippen molar-refractivity contribution in [3.05, 3.63) is 24.6 Å². The van der Waals surface area contributed by atoms with Gasteiger partial charge in [-0.05, 0) is 93.3 Å². The fraction of sp³-hybridized carbons (Fsp3) is 0.889. The van der Waals surface area contributed by atoms with Gasteiger partial charge in [-0.2, -0.15) is 0 Å². The highest BCUT2D eigenvalue weighted by Gasteiger charge is 2.77. The SMILES string of the molecule is C=C(C)NC1CCCC2C1C2(C1CC(C)CC(O)C1O)C1OC(CO)CC(CC(C)CC2CCCCC2)C1NC(=C)CN. The lowest BCUT2D eigenvalue weighted by atomic mass is 9.63. The topological polar surface area (TPSA) is 120 Å². The Morgan fingerprint density at radius 2 is 1.72 bits per heavy atom. The van der Waals surface area contributed by atoms with Crippen LogP contribution in [0.1, 0.15) is 104 Å². The first-order valence-electron chi connectivity index (χ1n) is 17.8. The van der Waals surface area contributed by atoms with E-state index >= 15 is 0 Å². The van der Waals surface area contributed by atoms with Crippen LogP contribution in [0.4, 0.5) is 0 Å². The lowest BCUT2D eigenvalue weighted by molar-refractivity contribution is -0.179. The van der Waals surface area contributed by atoms with Crippen molar-refractivity contribution in [1.82, 2.24) is 10.6 Å². The van der Waals surface area contributed by atoms with Crippen molar-refractivity contribution in [3.8, 4) is 0 Å². The van der Waals surface area contributed by atoms with E-state index in [1.54, 1.807) is 0 Å². The zero-order valence-corrected chi connectivity index (χ0v) is 27.4. The molecule has 0 amide bonds. The average molecular weight is 602 g/mol. The number of allylic oxidation sites excluding steroid dienone is 1. The highest BCUT2D eigenvalue weighted by atomic mass is 16.5. The highest BCUT2D eigenvalue weighted by molar-refractivity contribution is 5.27. The molecule has 7 N–H and O–H groups in total. The van der Waals surface area contributed by atoms with E-state index in [1.807, 2.05) is 6.92 Å². The van der Waals surface area contributed by atoms with Crippen LogP contribution in [0.15, 0.2) is 24.6 Å². The molecule has 0 bridgehead atoms. The van der Waals surface area contributed by atoms with Crippen molar-refractivity contribution in [2.45, 2.75) is 141 Å². The number of aliphatic hydroxyl groups excluding tert-OH is 3. The summed E-state index contributed by atoms with van der Waals surface area (Å²) in [6.45, 7) is 15.5. The van der Waals surface area contributed by atoms with Crippen molar-refractivity contribution in [3.63, 3.8) is 0 Å².